The Morgan fingerprint density at radius 2 is 2.10 bits per heavy atom. The van der Waals surface area contributed by atoms with Crippen LogP contribution in [0.25, 0.3) is 0 Å². The number of carbonyl (C=O) groups is 2. The molecule has 0 aliphatic carbocycles. The van der Waals surface area contributed by atoms with Gasteiger partial charge in [-0.2, -0.15) is 0 Å². The highest BCUT2D eigenvalue weighted by Crippen LogP contribution is 2.20. The van der Waals surface area contributed by atoms with Gasteiger partial charge < -0.3 is 15.3 Å². The van der Waals surface area contributed by atoms with E-state index in [0.29, 0.717) is 17.9 Å². The number of aromatic nitrogens is 1. The molecule has 1 amide bonds. The van der Waals surface area contributed by atoms with Crippen LogP contribution in [0.15, 0.2) is 12.3 Å². The Balaban J connectivity index is 3.02. The van der Waals surface area contributed by atoms with Gasteiger partial charge in [0.25, 0.3) is 0 Å². The molecule has 0 fully saturated rings. The molecule has 0 atom stereocenters. The average Bonchev–Trinajstić information content (AvgIpc) is 2.34. The van der Waals surface area contributed by atoms with Crippen molar-refractivity contribution in [3.05, 3.63) is 23.5 Å². The summed E-state index contributed by atoms with van der Waals surface area (Å²) in [6.45, 7) is 8.09. The minimum atomic E-state index is -1.05. The molecule has 0 radical (unpaired) electrons. The molecule has 2 N–H and O–H groups in total. The van der Waals surface area contributed by atoms with Crippen LogP contribution in [-0.2, 0) is 4.79 Å². The van der Waals surface area contributed by atoms with Gasteiger partial charge in [-0.1, -0.05) is 0 Å². The standard InChI is InChI=1S/C14H21N3O3/c1-5-17(8-13(18)16-9(2)3)12-6-10(4)15-7-11(12)14(19)20/h6-7,9H,5,8H2,1-4H3,(H,16,18)(H,19,20). The van der Waals surface area contributed by atoms with Gasteiger partial charge in [0, 0.05) is 24.5 Å². The highest BCUT2D eigenvalue weighted by Gasteiger charge is 2.18. The fourth-order valence-corrected chi connectivity index (χ4v) is 1.88. The van der Waals surface area contributed by atoms with Crippen molar-refractivity contribution in [1.29, 1.82) is 0 Å². The molecule has 0 aromatic carbocycles. The van der Waals surface area contributed by atoms with Crippen LogP contribution in [0.3, 0.4) is 0 Å². The number of pyridine rings is 1. The molecule has 6 nitrogen and oxygen atoms in total. The van der Waals surface area contributed by atoms with E-state index in [-0.39, 0.29) is 24.1 Å². The van der Waals surface area contributed by atoms with Crippen molar-refractivity contribution in [1.82, 2.24) is 10.3 Å². The molecule has 110 valence electrons. The van der Waals surface area contributed by atoms with Crippen LogP contribution < -0.4 is 10.2 Å². The number of carbonyl (C=O) groups excluding carboxylic acids is 1. The first-order valence-electron chi connectivity index (χ1n) is 6.59. The predicted molar refractivity (Wildman–Crippen MR) is 77.1 cm³/mol. The summed E-state index contributed by atoms with van der Waals surface area (Å²) >= 11 is 0. The first-order valence-corrected chi connectivity index (χ1v) is 6.59. The monoisotopic (exact) mass is 279 g/mol. The number of likely N-dealkylation sites (N-methyl/N-ethyl adjacent to an activating group) is 1. The topological polar surface area (TPSA) is 82.5 Å². The van der Waals surface area contributed by atoms with Crippen LogP contribution >= 0.6 is 0 Å². The van der Waals surface area contributed by atoms with Gasteiger partial charge in [-0.05, 0) is 33.8 Å². The lowest BCUT2D eigenvalue weighted by molar-refractivity contribution is -0.120. The third-order valence-corrected chi connectivity index (χ3v) is 2.76. The van der Waals surface area contributed by atoms with Crippen LogP contribution in [0.4, 0.5) is 5.69 Å². The number of aryl methyl sites for hydroxylation is 1. The van der Waals surface area contributed by atoms with Crippen molar-refractivity contribution in [2.75, 3.05) is 18.0 Å². The highest BCUT2D eigenvalue weighted by molar-refractivity contribution is 5.95. The summed E-state index contributed by atoms with van der Waals surface area (Å²) in [6, 6.07) is 1.75. The lowest BCUT2D eigenvalue weighted by Crippen LogP contribution is -2.40. The van der Waals surface area contributed by atoms with Crippen molar-refractivity contribution in [3.63, 3.8) is 0 Å². The molecular weight excluding hydrogens is 258 g/mol. The fraction of sp³-hybridized carbons (Fsp3) is 0.500. The second-order valence-electron chi connectivity index (χ2n) is 4.88. The molecule has 0 spiro atoms. The highest BCUT2D eigenvalue weighted by atomic mass is 16.4. The number of anilines is 1. The average molecular weight is 279 g/mol. The van der Waals surface area contributed by atoms with Crippen LogP contribution in [0.1, 0.15) is 36.8 Å². The molecule has 0 aliphatic heterocycles. The quantitative estimate of drug-likeness (QED) is 0.823. The Morgan fingerprint density at radius 3 is 2.60 bits per heavy atom. The van der Waals surface area contributed by atoms with Gasteiger partial charge >= 0.3 is 5.97 Å². The molecule has 0 saturated heterocycles. The SMILES string of the molecule is CCN(CC(=O)NC(C)C)c1cc(C)ncc1C(=O)O. The van der Waals surface area contributed by atoms with E-state index in [1.807, 2.05) is 20.8 Å². The third-order valence-electron chi connectivity index (χ3n) is 2.76. The second-order valence-corrected chi connectivity index (χ2v) is 4.88. The second kappa shape index (κ2) is 6.88. The molecule has 1 aromatic heterocycles. The summed E-state index contributed by atoms with van der Waals surface area (Å²) < 4.78 is 0. The van der Waals surface area contributed by atoms with Gasteiger partial charge in [-0.25, -0.2) is 4.79 Å². The van der Waals surface area contributed by atoms with E-state index in [0.717, 1.165) is 0 Å². The number of nitrogens with zero attached hydrogens (tertiary/aromatic N) is 2. The molecule has 0 bridgehead atoms. The first-order chi connectivity index (χ1) is 9.35. The summed E-state index contributed by atoms with van der Waals surface area (Å²) in [7, 11) is 0. The fourth-order valence-electron chi connectivity index (χ4n) is 1.88. The van der Waals surface area contributed by atoms with Gasteiger partial charge in [0.1, 0.15) is 5.56 Å². The predicted octanol–water partition coefficient (Wildman–Crippen LogP) is 1.44. The number of hydrogen-bond acceptors (Lipinski definition) is 4. The van der Waals surface area contributed by atoms with Crippen molar-refractivity contribution < 1.29 is 14.7 Å². The van der Waals surface area contributed by atoms with Crippen molar-refractivity contribution in [2.24, 2.45) is 0 Å². The van der Waals surface area contributed by atoms with E-state index in [2.05, 4.69) is 10.3 Å². The molecule has 0 saturated carbocycles. The lowest BCUT2D eigenvalue weighted by atomic mass is 10.2. The Hall–Kier alpha value is -2.11. The number of carboxylic acids is 1. The molecule has 0 unspecified atom stereocenters. The van der Waals surface area contributed by atoms with E-state index in [9.17, 15) is 14.7 Å². The van der Waals surface area contributed by atoms with E-state index in [1.54, 1.807) is 17.9 Å². The normalized spacial score (nSPS) is 10.4. The van der Waals surface area contributed by atoms with Crippen LogP contribution in [-0.4, -0.2) is 41.1 Å². The summed E-state index contributed by atoms with van der Waals surface area (Å²) in [5.41, 5.74) is 1.34. The van der Waals surface area contributed by atoms with Crippen molar-refractivity contribution in [3.8, 4) is 0 Å². The van der Waals surface area contributed by atoms with Gasteiger partial charge in [0.05, 0.1) is 12.2 Å². The molecule has 1 heterocycles. The van der Waals surface area contributed by atoms with Crippen LogP contribution in [0.5, 0.6) is 0 Å². The van der Waals surface area contributed by atoms with Crippen LogP contribution in [0, 0.1) is 6.92 Å². The number of amides is 1. The van der Waals surface area contributed by atoms with E-state index < -0.39 is 5.97 Å². The molecule has 1 rings (SSSR count). The smallest absolute Gasteiger partial charge is 0.339 e. The summed E-state index contributed by atoms with van der Waals surface area (Å²) in [6.07, 6.45) is 1.33. The van der Waals surface area contributed by atoms with Gasteiger partial charge in [-0.15, -0.1) is 0 Å². The lowest BCUT2D eigenvalue weighted by Gasteiger charge is -2.24. The van der Waals surface area contributed by atoms with Crippen LogP contribution in [0.2, 0.25) is 0 Å². The Bertz CT molecular complexity index is 500. The minimum Gasteiger partial charge on any atom is -0.478 e. The van der Waals surface area contributed by atoms with E-state index in [4.69, 9.17) is 0 Å². The zero-order valence-electron chi connectivity index (χ0n) is 12.3. The number of aromatic carboxylic acids is 1. The maximum atomic E-state index is 11.8. The first kappa shape index (κ1) is 15.9. The largest absolute Gasteiger partial charge is 0.478 e. The summed E-state index contributed by atoms with van der Waals surface area (Å²) in [4.78, 5) is 28.8. The number of rotatable bonds is 6. The zero-order valence-corrected chi connectivity index (χ0v) is 12.3. The van der Waals surface area contributed by atoms with Crippen molar-refractivity contribution >= 4 is 17.6 Å². The van der Waals surface area contributed by atoms with E-state index in [1.165, 1.54) is 6.20 Å². The summed E-state index contributed by atoms with van der Waals surface area (Å²) in [5.74, 6) is -1.18. The molecular formula is C14H21N3O3. The zero-order chi connectivity index (χ0) is 15.3. The summed E-state index contributed by atoms with van der Waals surface area (Å²) in [5, 5.41) is 12.0. The van der Waals surface area contributed by atoms with Gasteiger partial charge in [-0.3, -0.25) is 9.78 Å². The maximum Gasteiger partial charge on any atom is 0.339 e. The number of nitrogens with one attached hydrogen (secondary N) is 1. The third kappa shape index (κ3) is 4.22. The van der Waals surface area contributed by atoms with Gasteiger partial charge in [0.15, 0.2) is 0 Å². The Morgan fingerprint density at radius 1 is 1.45 bits per heavy atom. The molecule has 0 aliphatic rings. The number of carboxylic acid groups (broad SMARTS) is 1. The van der Waals surface area contributed by atoms with Gasteiger partial charge in [0.2, 0.25) is 5.91 Å². The Kier molecular flexibility index (Phi) is 5.49. The van der Waals surface area contributed by atoms with E-state index >= 15 is 0 Å². The Labute approximate surface area is 118 Å². The molecule has 1 aromatic rings. The minimum absolute atomic E-state index is 0.0549. The maximum absolute atomic E-state index is 11.8. The molecule has 6 heteroatoms. The number of hydrogen-bond donors (Lipinski definition) is 2. The van der Waals surface area contributed by atoms with Crippen molar-refractivity contribution in [2.45, 2.75) is 33.7 Å². The molecule has 20 heavy (non-hydrogen) atoms.